The molecule has 0 spiro atoms. The van der Waals surface area contributed by atoms with Gasteiger partial charge in [0, 0.05) is 40.4 Å². The lowest BCUT2D eigenvalue weighted by Gasteiger charge is -2.27. The molecule has 0 radical (unpaired) electrons. The summed E-state index contributed by atoms with van der Waals surface area (Å²) >= 11 is 3.57. The van der Waals surface area contributed by atoms with E-state index in [4.69, 9.17) is 14.3 Å². The zero-order valence-electron chi connectivity index (χ0n) is 17.2. The monoisotopic (exact) mass is 531 g/mol. The summed E-state index contributed by atoms with van der Waals surface area (Å²) in [7, 11) is 1.52. The first kappa shape index (κ1) is 23.7. The maximum Gasteiger partial charge on any atom is 0.272 e. The van der Waals surface area contributed by atoms with E-state index in [-0.39, 0.29) is 12.7 Å². The summed E-state index contributed by atoms with van der Waals surface area (Å²) in [5, 5.41) is 7.78. The molecule has 29 heavy (non-hydrogen) atoms. The van der Waals surface area contributed by atoms with Crippen LogP contribution in [0.3, 0.4) is 0 Å². The molecule has 1 N–H and O–H groups in total. The Morgan fingerprint density at radius 2 is 2.17 bits per heavy atom. The largest absolute Gasteiger partial charge is 0.470 e. The van der Waals surface area contributed by atoms with Gasteiger partial charge in [-0.15, -0.1) is 11.8 Å². The third-order valence-corrected chi connectivity index (χ3v) is 5.30. The summed E-state index contributed by atoms with van der Waals surface area (Å²) in [6, 6.07) is 5.87. The van der Waals surface area contributed by atoms with Gasteiger partial charge in [0.15, 0.2) is 0 Å². The summed E-state index contributed by atoms with van der Waals surface area (Å²) < 4.78 is 11.8. The molecule has 158 valence electrons. The number of nitrogens with one attached hydrogen (secondary N) is 1. The van der Waals surface area contributed by atoms with Crippen LogP contribution in [0.2, 0.25) is 0 Å². The lowest BCUT2D eigenvalue weighted by atomic mass is 10.0. The third kappa shape index (κ3) is 7.31. The number of fused-ring (bicyclic) bond motifs is 1. The quantitative estimate of drug-likeness (QED) is 0.164. The van der Waals surface area contributed by atoms with E-state index in [9.17, 15) is 4.79 Å². The van der Waals surface area contributed by atoms with Crippen molar-refractivity contribution in [1.82, 2.24) is 10.3 Å². The van der Waals surface area contributed by atoms with E-state index in [1.54, 1.807) is 6.21 Å². The van der Waals surface area contributed by atoms with E-state index < -0.39 is 11.0 Å². The molecular formula is C20H26IN3O4S. The Labute approximate surface area is 189 Å². The van der Waals surface area contributed by atoms with Gasteiger partial charge in [-0.05, 0) is 73.4 Å². The molecular weight excluding hydrogens is 505 g/mol. The Kier molecular flexibility index (Phi) is 8.97. The number of carbonyl (C=O) groups excluding carboxylic acids is 1. The summed E-state index contributed by atoms with van der Waals surface area (Å²) in [4.78, 5) is 22.1. The number of nitrogens with zero attached hydrogens (tertiary/aromatic N) is 2. The predicted octanol–water partition coefficient (Wildman–Crippen LogP) is 4.11. The molecule has 0 aliphatic rings. The van der Waals surface area contributed by atoms with Crippen LogP contribution in [0.25, 0.3) is 10.9 Å². The van der Waals surface area contributed by atoms with E-state index in [0.717, 1.165) is 20.0 Å². The van der Waals surface area contributed by atoms with Gasteiger partial charge in [0.05, 0.1) is 5.52 Å². The van der Waals surface area contributed by atoms with Crippen LogP contribution in [0.5, 0.6) is 5.75 Å². The first-order chi connectivity index (χ1) is 13.8. The van der Waals surface area contributed by atoms with E-state index in [1.165, 1.54) is 18.9 Å². The number of carbonyl (C=O) groups is 1. The maximum atomic E-state index is 12.8. The zero-order chi connectivity index (χ0) is 21.4. The molecule has 2 aromatic rings. The van der Waals surface area contributed by atoms with E-state index >= 15 is 0 Å². The third-order valence-electron chi connectivity index (χ3n) is 3.97. The Morgan fingerprint density at radius 1 is 1.41 bits per heavy atom. The van der Waals surface area contributed by atoms with E-state index in [0.29, 0.717) is 12.2 Å². The highest BCUT2D eigenvalue weighted by atomic mass is 127. The van der Waals surface area contributed by atoms with Crippen LogP contribution >= 0.6 is 34.4 Å². The molecule has 9 heteroatoms. The molecule has 1 atom stereocenters. The van der Waals surface area contributed by atoms with Gasteiger partial charge in [-0.1, -0.05) is 5.16 Å². The second-order valence-electron chi connectivity index (χ2n) is 7.05. The molecule has 0 saturated carbocycles. The van der Waals surface area contributed by atoms with Crippen molar-refractivity contribution in [1.29, 1.82) is 0 Å². The number of rotatable bonds is 10. The highest BCUT2D eigenvalue weighted by molar-refractivity contribution is 14.1. The standard InChI is InChI=1S/C20H26IN3O4S/c1-13-8-16(10-14-9-15(21)11-22-17(13)14)28-19(29-5)18(25)24-20(2,3)6-7-23-27-12-26-4/h7-11,19H,6,12H2,1-5H3,(H,24,25)/b23-7-. The van der Waals surface area contributed by atoms with Gasteiger partial charge < -0.3 is 19.6 Å². The zero-order valence-corrected chi connectivity index (χ0v) is 20.2. The highest BCUT2D eigenvalue weighted by Gasteiger charge is 2.26. The number of oxime groups is 1. The molecule has 0 fully saturated rings. The minimum absolute atomic E-state index is 0.0887. The second-order valence-corrected chi connectivity index (χ2v) is 9.20. The lowest BCUT2D eigenvalue weighted by Crippen LogP contribution is -2.48. The molecule has 1 amide bonds. The van der Waals surface area contributed by atoms with Crippen molar-refractivity contribution in [3.05, 3.63) is 33.5 Å². The molecule has 7 nitrogen and oxygen atoms in total. The van der Waals surface area contributed by atoms with Crippen molar-refractivity contribution in [3.8, 4) is 5.75 Å². The number of hydrogen-bond donors (Lipinski definition) is 1. The fourth-order valence-corrected chi connectivity index (χ4v) is 3.57. The average Bonchev–Trinajstić information content (AvgIpc) is 2.65. The Balaban J connectivity index is 2.06. The summed E-state index contributed by atoms with van der Waals surface area (Å²) in [5.41, 5.74) is 0.748. The van der Waals surface area contributed by atoms with Gasteiger partial charge in [0.2, 0.25) is 12.2 Å². The number of benzene rings is 1. The van der Waals surface area contributed by atoms with Crippen molar-refractivity contribution < 1.29 is 19.1 Å². The van der Waals surface area contributed by atoms with Gasteiger partial charge in [-0.25, -0.2) is 0 Å². The first-order valence-electron chi connectivity index (χ1n) is 8.96. The topological polar surface area (TPSA) is 82.0 Å². The summed E-state index contributed by atoms with van der Waals surface area (Å²) in [5.74, 6) is 0.438. The number of aryl methyl sites for hydroxylation is 1. The molecule has 0 bridgehead atoms. The number of aromatic nitrogens is 1. The van der Waals surface area contributed by atoms with Gasteiger partial charge in [0.25, 0.3) is 5.91 Å². The molecule has 1 aromatic carbocycles. The van der Waals surface area contributed by atoms with Gasteiger partial charge in [-0.3, -0.25) is 9.78 Å². The predicted molar refractivity (Wildman–Crippen MR) is 125 cm³/mol. The molecule has 1 aromatic heterocycles. The van der Waals surface area contributed by atoms with Gasteiger partial charge in [0.1, 0.15) is 5.75 Å². The molecule has 0 aliphatic carbocycles. The number of thioether (sulfide) groups is 1. The molecule has 0 aliphatic heterocycles. The fraction of sp³-hybridized carbons (Fsp3) is 0.450. The Morgan fingerprint density at radius 3 is 2.86 bits per heavy atom. The number of ether oxygens (including phenoxy) is 2. The lowest BCUT2D eigenvalue weighted by molar-refractivity contribution is -0.126. The average molecular weight is 531 g/mol. The van der Waals surface area contributed by atoms with Gasteiger partial charge in [-0.2, -0.15) is 0 Å². The van der Waals surface area contributed by atoms with Crippen molar-refractivity contribution in [2.24, 2.45) is 5.16 Å². The summed E-state index contributed by atoms with van der Waals surface area (Å²) in [6.45, 7) is 5.90. The van der Waals surface area contributed by atoms with Crippen molar-refractivity contribution in [3.63, 3.8) is 0 Å². The molecule has 1 heterocycles. The van der Waals surface area contributed by atoms with Crippen molar-refractivity contribution >= 4 is 57.4 Å². The van der Waals surface area contributed by atoms with Crippen LogP contribution in [0.1, 0.15) is 25.8 Å². The molecule has 1 unspecified atom stereocenters. The smallest absolute Gasteiger partial charge is 0.272 e. The highest BCUT2D eigenvalue weighted by Crippen LogP contribution is 2.27. The first-order valence-corrected chi connectivity index (χ1v) is 11.3. The summed E-state index contributed by atoms with van der Waals surface area (Å²) in [6.07, 6.45) is 5.79. The van der Waals surface area contributed by atoms with Crippen LogP contribution in [0, 0.1) is 10.5 Å². The SMILES string of the molecule is COCO/N=C\CC(C)(C)NC(=O)C(Oc1cc(C)c2ncc(I)cc2c1)SC. The Bertz CT molecular complexity index is 876. The van der Waals surface area contributed by atoms with Crippen LogP contribution in [-0.4, -0.2) is 48.2 Å². The number of hydrogen-bond acceptors (Lipinski definition) is 7. The number of methoxy groups -OCH3 is 1. The van der Waals surface area contributed by atoms with Crippen molar-refractivity contribution in [2.75, 3.05) is 20.2 Å². The number of pyridine rings is 1. The number of amides is 1. The molecule has 0 saturated heterocycles. The second kappa shape index (κ2) is 11.0. The Hall–Kier alpha value is -1.59. The van der Waals surface area contributed by atoms with Crippen LogP contribution < -0.4 is 10.1 Å². The van der Waals surface area contributed by atoms with Crippen LogP contribution in [-0.2, 0) is 14.4 Å². The van der Waals surface area contributed by atoms with Gasteiger partial charge >= 0.3 is 0 Å². The maximum absolute atomic E-state index is 12.8. The van der Waals surface area contributed by atoms with E-state index in [1.807, 2.05) is 51.4 Å². The normalized spacial score (nSPS) is 12.9. The minimum Gasteiger partial charge on any atom is -0.470 e. The minimum atomic E-state index is -0.677. The van der Waals surface area contributed by atoms with Crippen LogP contribution in [0.4, 0.5) is 0 Å². The number of halogens is 1. The molecule has 2 rings (SSSR count). The van der Waals surface area contributed by atoms with Crippen LogP contribution in [0.15, 0.2) is 29.6 Å². The fourth-order valence-electron chi connectivity index (χ4n) is 2.62. The van der Waals surface area contributed by atoms with Crippen molar-refractivity contribution in [2.45, 2.75) is 38.2 Å². The van der Waals surface area contributed by atoms with E-state index in [2.05, 4.69) is 38.0 Å².